The van der Waals surface area contributed by atoms with E-state index in [0.717, 1.165) is 21.9 Å². The van der Waals surface area contributed by atoms with Gasteiger partial charge in [0.2, 0.25) is 0 Å². The molecule has 17 heavy (non-hydrogen) atoms. The van der Waals surface area contributed by atoms with Crippen molar-refractivity contribution in [2.75, 3.05) is 12.9 Å². The molecule has 0 aliphatic carbocycles. The quantitative estimate of drug-likeness (QED) is 0.251. The van der Waals surface area contributed by atoms with Crippen molar-refractivity contribution in [1.29, 1.82) is 0 Å². The van der Waals surface area contributed by atoms with Crippen LogP contribution in [0.3, 0.4) is 0 Å². The molecule has 0 spiro atoms. The van der Waals surface area contributed by atoms with Crippen molar-refractivity contribution in [3.8, 4) is 5.75 Å². The van der Waals surface area contributed by atoms with Gasteiger partial charge in [0.1, 0.15) is 11.6 Å². The van der Waals surface area contributed by atoms with Gasteiger partial charge in [-0.1, -0.05) is 16.9 Å². The SMILES string of the molecule is COc1ccc2nc(SC/C(N)=N/O)[nH]c2c1. The fourth-order valence-electron chi connectivity index (χ4n) is 1.33. The highest BCUT2D eigenvalue weighted by atomic mass is 32.2. The first-order chi connectivity index (χ1) is 8.22. The molecule has 2 rings (SSSR count). The number of aromatic amines is 1. The van der Waals surface area contributed by atoms with Crippen LogP contribution in [0.15, 0.2) is 28.5 Å². The third kappa shape index (κ3) is 2.62. The van der Waals surface area contributed by atoms with Gasteiger partial charge in [-0.05, 0) is 12.1 Å². The van der Waals surface area contributed by atoms with Crippen molar-refractivity contribution in [3.05, 3.63) is 18.2 Å². The van der Waals surface area contributed by atoms with Gasteiger partial charge in [-0.3, -0.25) is 0 Å². The number of rotatable bonds is 4. The van der Waals surface area contributed by atoms with E-state index >= 15 is 0 Å². The van der Waals surface area contributed by atoms with E-state index in [1.807, 2.05) is 18.2 Å². The number of ether oxygens (including phenoxy) is 1. The molecule has 1 aromatic carbocycles. The number of hydrogen-bond donors (Lipinski definition) is 3. The Hall–Kier alpha value is -1.89. The number of nitrogens with two attached hydrogens (primary N) is 1. The first-order valence-corrected chi connectivity index (χ1v) is 5.84. The number of benzene rings is 1. The molecule has 0 amide bonds. The van der Waals surface area contributed by atoms with Crippen LogP contribution < -0.4 is 10.5 Å². The zero-order valence-electron chi connectivity index (χ0n) is 9.17. The van der Waals surface area contributed by atoms with Crippen molar-refractivity contribution in [2.24, 2.45) is 10.9 Å². The Balaban J connectivity index is 2.19. The van der Waals surface area contributed by atoms with Crippen LogP contribution >= 0.6 is 11.8 Å². The lowest BCUT2D eigenvalue weighted by molar-refractivity contribution is 0.318. The molecule has 0 unspecified atom stereocenters. The number of H-pyrrole nitrogens is 1. The normalized spacial score (nSPS) is 11.9. The minimum Gasteiger partial charge on any atom is -0.497 e. The Kier molecular flexibility index (Phi) is 3.38. The Bertz CT molecular complexity index is 552. The largest absolute Gasteiger partial charge is 0.497 e. The third-order valence-corrected chi connectivity index (χ3v) is 3.06. The number of oxime groups is 1. The predicted molar refractivity (Wildman–Crippen MR) is 66.8 cm³/mol. The maximum absolute atomic E-state index is 8.42. The number of imidazole rings is 1. The lowest BCUT2D eigenvalue weighted by atomic mass is 10.3. The molecule has 90 valence electrons. The summed E-state index contributed by atoms with van der Waals surface area (Å²) in [4.78, 5) is 7.48. The second-order valence-electron chi connectivity index (χ2n) is 3.31. The van der Waals surface area contributed by atoms with Crippen molar-refractivity contribution >= 4 is 28.6 Å². The van der Waals surface area contributed by atoms with Gasteiger partial charge in [-0.15, -0.1) is 0 Å². The summed E-state index contributed by atoms with van der Waals surface area (Å²) in [6.07, 6.45) is 0. The number of thioether (sulfide) groups is 1. The van der Waals surface area contributed by atoms with Gasteiger partial charge < -0.3 is 20.7 Å². The summed E-state index contributed by atoms with van der Waals surface area (Å²) in [5, 5.41) is 12.0. The average molecular weight is 252 g/mol. The van der Waals surface area contributed by atoms with E-state index < -0.39 is 0 Å². The van der Waals surface area contributed by atoms with E-state index in [1.165, 1.54) is 11.8 Å². The summed E-state index contributed by atoms with van der Waals surface area (Å²) >= 11 is 1.37. The Morgan fingerprint density at radius 3 is 3.18 bits per heavy atom. The molecule has 0 fully saturated rings. The van der Waals surface area contributed by atoms with Gasteiger partial charge in [-0.25, -0.2) is 4.98 Å². The van der Waals surface area contributed by atoms with Crippen molar-refractivity contribution < 1.29 is 9.94 Å². The topological polar surface area (TPSA) is 96.5 Å². The zero-order chi connectivity index (χ0) is 12.3. The van der Waals surface area contributed by atoms with Crippen molar-refractivity contribution in [1.82, 2.24) is 9.97 Å². The number of nitrogens with one attached hydrogen (secondary N) is 1. The van der Waals surface area contributed by atoms with Gasteiger partial charge in [0.15, 0.2) is 5.16 Å². The van der Waals surface area contributed by atoms with Gasteiger partial charge in [-0.2, -0.15) is 0 Å². The van der Waals surface area contributed by atoms with E-state index in [9.17, 15) is 0 Å². The molecule has 1 heterocycles. The van der Waals surface area contributed by atoms with Crippen molar-refractivity contribution in [3.63, 3.8) is 0 Å². The highest BCUT2D eigenvalue weighted by Gasteiger charge is 2.05. The van der Waals surface area contributed by atoms with Crippen LogP contribution in [0.2, 0.25) is 0 Å². The molecule has 1 aromatic heterocycles. The van der Waals surface area contributed by atoms with Crippen LogP contribution in [0.4, 0.5) is 0 Å². The highest BCUT2D eigenvalue weighted by Crippen LogP contribution is 2.22. The summed E-state index contributed by atoms with van der Waals surface area (Å²) in [6, 6.07) is 5.59. The van der Waals surface area contributed by atoms with Gasteiger partial charge in [0, 0.05) is 6.07 Å². The van der Waals surface area contributed by atoms with Crippen LogP contribution in [0.5, 0.6) is 5.75 Å². The molecule has 0 saturated carbocycles. The fourth-order valence-corrected chi connectivity index (χ4v) is 2.02. The van der Waals surface area contributed by atoms with Crippen molar-refractivity contribution in [2.45, 2.75) is 5.16 Å². The second kappa shape index (κ2) is 4.96. The van der Waals surface area contributed by atoms with Gasteiger partial charge in [0.25, 0.3) is 0 Å². The molecule has 6 nitrogen and oxygen atoms in total. The number of nitrogens with zero attached hydrogens (tertiary/aromatic N) is 2. The van der Waals surface area contributed by atoms with Crippen LogP contribution in [-0.2, 0) is 0 Å². The molecular formula is C10H12N4O2S. The first kappa shape index (κ1) is 11.6. The summed E-state index contributed by atoms with van der Waals surface area (Å²) in [5.41, 5.74) is 7.13. The molecule has 0 aliphatic rings. The van der Waals surface area contributed by atoms with Crippen LogP contribution in [0.25, 0.3) is 11.0 Å². The number of amidine groups is 1. The predicted octanol–water partition coefficient (Wildman–Crippen LogP) is 1.41. The average Bonchev–Trinajstić information content (AvgIpc) is 2.77. The van der Waals surface area contributed by atoms with Crippen LogP contribution in [0.1, 0.15) is 0 Å². The summed E-state index contributed by atoms with van der Waals surface area (Å²) < 4.78 is 5.12. The lowest BCUT2D eigenvalue weighted by Crippen LogP contribution is -2.14. The Morgan fingerprint density at radius 2 is 2.47 bits per heavy atom. The maximum Gasteiger partial charge on any atom is 0.166 e. The van der Waals surface area contributed by atoms with E-state index in [4.69, 9.17) is 15.7 Å². The molecule has 0 bridgehead atoms. The zero-order valence-corrected chi connectivity index (χ0v) is 9.99. The van der Waals surface area contributed by atoms with Crippen LogP contribution in [-0.4, -0.2) is 33.9 Å². The number of methoxy groups -OCH3 is 1. The molecular weight excluding hydrogens is 240 g/mol. The summed E-state index contributed by atoms with van der Waals surface area (Å²) in [6.45, 7) is 0. The molecule has 0 radical (unpaired) electrons. The lowest BCUT2D eigenvalue weighted by Gasteiger charge is -1.96. The fraction of sp³-hybridized carbons (Fsp3) is 0.200. The van der Waals surface area contributed by atoms with E-state index in [1.54, 1.807) is 7.11 Å². The smallest absolute Gasteiger partial charge is 0.166 e. The molecule has 0 aliphatic heterocycles. The van der Waals surface area contributed by atoms with E-state index in [0.29, 0.717) is 5.75 Å². The third-order valence-electron chi connectivity index (χ3n) is 2.15. The summed E-state index contributed by atoms with van der Waals surface area (Å²) in [5.74, 6) is 1.31. The molecule has 0 saturated heterocycles. The number of hydrogen-bond acceptors (Lipinski definition) is 5. The highest BCUT2D eigenvalue weighted by molar-refractivity contribution is 7.99. The second-order valence-corrected chi connectivity index (χ2v) is 4.27. The minimum absolute atomic E-state index is 0.160. The van der Waals surface area contributed by atoms with E-state index in [-0.39, 0.29) is 5.84 Å². The van der Waals surface area contributed by atoms with Gasteiger partial charge in [0.05, 0.1) is 23.9 Å². The summed E-state index contributed by atoms with van der Waals surface area (Å²) in [7, 11) is 1.62. The maximum atomic E-state index is 8.42. The number of aromatic nitrogens is 2. The molecule has 7 heteroatoms. The molecule has 0 atom stereocenters. The number of fused-ring (bicyclic) bond motifs is 1. The van der Waals surface area contributed by atoms with Crippen LogP contribution in [0, 0.1) is 0 Å². The molecule has 4 N–H and O–H groups in total. The Morgan fingerprint density at radius 1 is 1.65 bits per heavy atom. The monoisotopic (exact) mass is 252 g/mol. The van der Waals surface area contributed by atoms with Gasteiger partial charge >= 0.3 is 0 Å². The minimum atomic E-state index is 0.160. The Labute approximate surface area is 102 Å². The molecule has 2 aromatic rings. The van der Waals surface area contributed by atoms with E-state index in [2.05, 4.69) is 15.1 Å². The first-order valence-electron chi connectivity index (χ1n) is 4.86. The standard InChI is InChI=1S/C10H12N4O2S/c1-16-6-2-3-7-8(4-6)13-10(12-7)17-5-9(11)14-15/h2-4,15H,5H2,1H3,(H2,11,14)(H,12,13).